The molecule has 2 amide bonds. The van der Waals surface area contributed by atoms with Crippen LogP contribution in [0.3, 0.4) is 0 Å². The van der Waals surface area contributed by atoms with Gasteiger partial charge in [-0.2, -0.15) is 0 Å². The number of halogens is 1. The van der Waals surface area contributed by atoms with E-state index in [-0.39, 0.29) is 17.0 Å². The van der Waals surface area contributed by atoms with E-state index in [0.717, 1.165) is 6.67 Å². The monoisotopic (exact) mass is 266 g/mol. The number of primary amides is 2. The number of carbonyl (C=O) groups excluding carboxylic acids is 1. The van der Waals surface area contributed by atoms with Gasteiger partial charge < -0.3 is 21.3 Å². The summed E-state index contributed by atoms with van der Waals surface area (Å²) in [6, 6.07) is -0.833. The van der Waals surface area contributed by atoms with Crippen molar-refractivity contribution in [3.05, 3.63) is 12.4 Å². The highest BCUT2D eigenvalue weighted by Crippen LogP contribution is 2.02. The van der Waals surface area contributed by atoms with Crippen molar-refractivity contribution in [1.29, 1.82) is 0 Å². The van der Waals surface area contributed by atoms with Crippen molar-refractivity contribution in [2.24, 2.45) is 11.5 Å². The summed E-state index contributed by atoms with van der Waals surface area (Å²) in [4.78, 5) is 13.5. The van der Waals surface area contributed by atoms with Crippen molar-refractivity contribution in [1.82, 2.24) is 9.80 Å². The molecule has 0 saturated heterocycles. The Bertz CT molecular complexity index is 182. The van der Waals surface area contributed by atoms with E-state index in [4.69, 9.17) is 4.79 Å². The van der Waals surface area contributed by atoms with E-state index < -0.39 is 6.03 Å². The molecule has 0 spiro atoms. The molecule has 0 aromatic carbocycles. The summed E-state index contributed by atoms with van der Waals surface area (Å²) in [5.74, 6) is 0. The van der Waals surface area contributed by atoms with Crippen LogP contribution in [0.2, 0.25) is 0 Å². The van der Waals surface area contributed by atoms with Crippen LogP contribution in [0.25, 0.3) is 0 Å². The van der Waals surface area contributed by atoms with Crippen LogP contribution in [-0.4, -0.2) is 36.1 Å². The van der Waals surface area contributed by atoms with Gasteiger partial charge in [-0.05, 0) is 6.42 Å². The van der Waals surface area contributed by atoms with E-state index >= 15 is 0 Å². The largest absolute Gasteiger partial charge is 0.362 e. The van der Waals surface area contributed by atoms with Gasteiger partial charge >= 0.3 is 6.03 Å². The first kappa shape index (κ1) is 15.6. The summed E-state index contributed by atoms with van der Waals surface area (Å²) >= 11 is 0. The number of nitrogens with zero attached hydrogens (tertiary/aromatic N) is 2. The third-order valence-electron chi connectivity index (χ3n) is 1.45. The lowest BCUT2D eigenvalue weighted by Crippen LogP contribution is -2.22. The predicted octanol–water partition coefficient (Wildman–Crippen LogP) is 0.674. The number of rotatable bonds is 2. The molecule has 0 aromatic heterocycles. The number of hydrogen-bond donors (Lipinski definition) is 2. The van der Waals surface area contributed by atoms with Crippen molar-refractivity contribution in [3.63, 3.8) is 0 Å². The Morgan fingerprint density at radius 2 is 1.93 bits per heavy atom. The first-order chi connectivity index (χ1) is 6.06. The highest BCUT2D eigenvalue weighted by molar-refractivity contribution is 8.93. The molecule has 4 N–H and O–H groups in total. The summed E-state index contributed by atoms with van der Waals surface area (Å²) in [6.45, 7) is 4.45. The zero-order valence-electron chi connectivity index (χ0n) is 8.64. The second-order valence-electron chi connectivity index (χ2n) is 2.91. The Hall–Kier alpha value is -0.910. The van der Waals surface area contributed by atoms with Crippen molar-refractivity contribution in [2.45, 2.75) is 13.3 Å². The molecule has 0 aromatic rings. The molecule has 0 fully saturated rings. The van der Waals surface area contributed by atoms with Crippen LogP contribution in [0.1, 0.15) is 13.3 Å². The van der Waals surface area contributed by atoms with Crippen LogP contribution < -0.4 is 11.5 Å². The summed E-state index contributed by atoms with van der Waals surface area (Å²) in [5.41, 5.74) is 8.50. The SMILES string of the molecule is Br.CCCN1C=CN(C)C1.NC(N)=O. The van der Waals surface area contributed by atoms with Crippen LogP contribution in [0, 0.1) is 0 Å². The molecule has 14 heavy (non-hydrogen) atoms. The van der Waals surface area contributed by atoms with E-state index in [2.05, 4.69) is 47.6 Å². The molecule has 84 valence electrons. The van der Waals surface area contributed by atoms with Gasteiger partial charge in [0.25, 0.3) is 0 Å². The molecule has 0 radical (unpaired) electrons. The van der Waals surface area contributed by atoms with Gasteiger partial charge in [0, 0.05) is 26.0 Å². The van der Waals surface area contributed by atoms with E-state index in [9.17, 15) is 0 Å². The van der Waals surface area contributed by atoms with Gasteiger partial charge in [-0.3, -0.25) is 0 Å². The zero-order valence-corrected chi connectivity index (χ0v) is 10.4. The average Bonchev–Trinajstić information content (AvgIpc) is 2.35. The highest BCUT2D eigenvalue weighted by Gasteiger charge is 2.04. The molecule has 1 heterocycles. The van der Waals surface area contributed by atoms with E-state index in [1.807, 2.05) is 0 Å². The quantitative estimate of drug-likeness (QED) is 0.772. The van der Waals surface area contributed by atoms with Crippen molar-refractivity contribution in [2.75, 3.05) is 20.3 Å². The Labute approximate surface area is 95.5 Å². The van der Waals surface area contributed by atoms with Gasteiger partial charge in [0.05, 0.1) is 6.67 Å². The highest BCUT2D eigenvalue weighted by atomic mass is 79.9. The summed E-state index contributed by atoms with van der Waals surface area (Å²) in [6.07, 6.45) is 5.48. The predicted molar refractivity (Wildman–Crippen MR) is 62.9 cm³/mol. The van der Waals surface area contributed by atoms with Crippen molar-refractivity contribution >= 4 is 23.0 Å². The van der Waals surface area contributed by atoms with Gasteiger partial charge in [0.15, 0.2) is 0 Å². The lowest BCUT2D eigenvalue weighted by Gasteiger charge is -2.16. The maximum Gasteiger partial charge on any atom is 0.309 e. The van der Waals surface area contributed by atoms with Crippen LogP contribution >= 0.6 is 17.0 Å². The van der Waals surface area contributed by atoms with Gasteiger partial charge in [-0.15, -0.1) is 17.0 Å². The Morgan fingerprint density at radius 3 is 2.21 bits per heavy atom. The minimum atomic E-state index is -0.833. The van der Waals surface area contributed by atoms with Gasteiger partial charge in [-0.1, -0.05) is 6.92 Å². The topological polar surface area (TPSA) is 75.6 Å². The third kappa shape index (κ3) is 9.18. The zero-order chi connectivity index (χ0) is 10.3. The Kier molecular flexibility index (Phi) is 9.64. The lowest BCUT2D eigenvalue weighted by molar-refractivity contribution is 0.256. The second-order valence-corrected chi connectivity index (χ2v) is 2.91. The minimum absolute atomic E-state index is 0. The van der Waals surface area contributed by atoms with E-state index in [1.165, 1.54) is 13.0 Å². The molecular formula is C8H19BrN4O. The molecule has 0 atom stereocenters. The molecule has 1 rings (SSSR count). The van der Waals surface area contributed by atoms with Gasteiger partial charge in [0.1, 0.15) is 0 Å². The van der Waals surface area contributed by atoms with Crippen molar-refractivity contribution in [3.8, 4) is 0 Å². The molecule has 6 heteroatoms. The number of carbonyl (C=O) groups is 1. The molecule has 1 aliphatic heterocycles. The summed E-state index contributed by atoms with van der Waals surface area (Å²) in [5, 5.41) is 0. The summed E-state index contributed by atoms with van der Waals surface area (Å²) in [7, 11) is 2.09. The Morgan fingerprint density at radius 1 is 1.43 bits per heavy atom. The standard InChI is InChI=1S/C7H14N2.CH4N2O.BrH/c1-3-4-9-6-5-8(2)7-9;2-1(3)4;/h5-6H,3-4,7H2,1-2H3;(H4,2,3,4);1H. The molecule has 1 aliphatic rings. The van der Waals surface area contributed by atoms with Gasteiger partial charge in [0.2, 0.25) is 0 Å². The molecule has 5 nitrogen and oxygen atoms in total. The second kappa shape index (κ2) is 8.68. The molecular weight excluding hydrogens is 248 g/mol. The average molecular weight is 267 g/mol. The smallest absolute Gasteiger partial charge is 0.309 e. The van der Waals surface area contributed by atoms with E-state index in [0.29, 0.717) is 0 Å². The first-order valence-corrected chi connectivity index (χ1v) is 4.23. The number of urea groups is 1. The maximum atomic E-state index is 9.00. The minimum Gasteiger partial charge on any atom is -0.362 e. The van der Waals surface area contributed by atoms with Crippen LogP contribution in [0.15, 0.2) is 12.4 Å². The Balaban J connectivity index is 0. The number of nitrogens with two attached hydrogens (primary N) is 2. The van der Waals surface area contributed by atoms with E-state index in [1.54, 1.807) is 0 Å². The fraction of sp³-hybridized carbons (Fsp3) is 0.625. The number of amides is 2. The lowest BCUT2D eigenvalue weighted by atomic mass is 10.4. The molecule has 0 bridgehead atoms. The molecule has 0 saturated carbocycles. The van der Waals surface area contributed by atoms with Crippen molar-refractivity contribution < 1.29 is 4.79 Å². The molecule has 0 aliphatic carbocycles. The first-order valence-electron chi connectivity index (χ1n) is 4.23. The molecule has 0 unspecified atom stereocenters. The van der Waals surface area contributed by atoms with Crippen LogP contribution in [0.5, 0.6) is 0 Å². The summed E-state index contributed by atoms with van der Waals surface area (Å²) < 4.78 is 0. The van der Waals surface area contributed by atoms with Crippen LogP contribution in [0.4, 0.5) is 4.79 Å². The number of hydrogen-bond acceptors (Lipinski definition) is 3. The van der Waals surface area contributed by atoms with Gasteiger partial charge in [-0.25, -0.2) is 4.79 Å². The maximum absolute atomic E-state index is 9.00. The third-order valence-corrected chi connectivity index (χ3v) is 1.45. The normalized spacial score (nSPS) is 13.0. The van der Waals surface area contributed by atoms with Crippen LogP contribution in [-0.2, 0) is 0 Å². The fourth-order valence-electron chi connectivity index (χ4n) is 1.02. The fourth-order valence-corrected chi connectivity index (χ4v) is 1.02.